The van der Waals surface area contributed by atoms with Crippen molar-refractivity contribution in [2.24, 2.45) is 0 Å². The molecule has 1 fully saturated rings. The normalized spacial score (nSPS) is 22.4. The van der Waals surface area contributed by atoms with E-state index in [-0.39, 0.29) is 12.8 Å². The van der Waals surface area contributed by atoms with Crippen LogP contribution in [-0.4, -0.2) is 98.3 Å². The van der Waals surface area contributed by atoms with Crippen LogP contribution in [0.15, 0.2) is 48.6 Å². The van der Waals surface area contributed by atoms with Crippen molar-refractivity contribution in [2.45, 2.75) is 224 Å². The lowest BCUT2D eigenvalue weighted by molar-refractivity contribution is -0.220. The first kappa shape index (κ1) is 56.8. The molecule has 0 aromatic carbocycles. The second-order valence-corrected chi connectivity index (χ2v) is 17.7. The van der Waals surface area contributed by atoms with E-state index in [1.165, 1.54) is 77.0 Å². The van der Waals surface area contributed by atoms with Crippen LogP contribution < -0.4 is 0 Å². The molecule has 8 atom stereocenters. The Morgan fingerprint density at radius 2 is 0.918 bits per heavy atom. The number of allylic oxidation sites excluding steroid dienone is 8. The van der Waals surface area contributed by atoms with Crippen LogP contribution in [0.4, 0.5) is 0 Å². The molecule has 0 aromatic rings. The molecule has 0 aromatic heterocycles. The average molecular weight is 887 g/mol. The molecule has 6 N–H and O–H groups in total. The van der Waals surface area contributed by atoms with Gasteiger partial charge in [0.15, 0.2) is 6.10 Å². The second kappa shape index (κ2) is 37.2. The third-order valence-corrected chi connectivity index (χ3v) is 11.6. The first-order valence-corrected chi connectivity index (χ1v) is 24.9. The molecule has 13 nitrogen and oxygen atoms in total. The van der Waals surface area contributed by atoms with E-state index in [1.54, 1.807) is 0 Å². The highest BCUT2D eigenvalue weighted by molar-refractivity contribution is 7.47. The summed E-state index contributed by atoms with van der Waals surface area (Å²) in [5.41, 5.74) is 0. The number of hydrogen-bond donors (Lipinski definition) is 6. The third-order valence-electron chi connectivity index (χ3n) is 10.7. The first-order valence-electron chi connectivity index (χ1n) is 23.4. The van der Waals surface area contributed by atoms with Gasteiger partial charge >= 0.3 is 19.8 Å². The average Bonchev–Trinajstić information content (AvgIpc) is 3.24. The Morgan fingerprint density at radius 1 is 0.508 bits per heavy atom. The number of phosphoric ester groups is 1. The van der Waals surface area contributed by atoms with E-state index in [0.29, 0.717) is 12.8 Å². The van der Waals surface area contributed by atoms with Gasteiger partial charge in [-0.15, -0.1) is 0 Å². The number of esters is 2. The molecule has 6 unspecified atom stereocenters. The number of aliphatic hydroxyl groups is 5. The van der Waals surface area contributed by atoms with E-state index < -0.39 is 75.7 Å². The number of ether oxygens (including phenoxy) is 2. The van der Waals surface area contributed by atoms with Crippen LogP contribution in [0.2, 0.25) is 0 Å². The molecule has 14 heteroatoms. The lowest BCUT2D eigenvalue weighted by Gasteiger charge is -2.41. The van der Waals surface area contributed by atoms with Crippen LogP contribution in [0, 0.1) is 0 Å². The van der Waals surface area contributed by atoms with Crippen molar-refractivity contribution in [3.8, 4) is 0 Å². The molecule has 61 heavy (non-hydrogen) atoms. The van der Waals surface area contributed by atoms with Gasteiger partial charge in [0.1, 0.15) is 43.2 Å². The van der Waals surface area contributed by atoms with E-state index in [0.717, 1.165) is 64.2 Å². The van der Waals surface area contributed by atoms with Crippen LogP contribution in [0.5, 0.6) is 0 Å². The minimum absolute atomic E-state index is 0.00773. The smallest absolute Gasteiger partial charge is 0.462 e. The molecule has 0 spiro atoms. The molecule has 0 amide bonds. The van der Waals surface area contributed by atoms with Gasteiger partial charge in [-0.2, -0.15) is 0 Å². The molecule has 0 aliphatic heterocycles. The SMILES string of the molecule is CCCCC/C=C/C/C=C/C/C=C/CCCCCCC(=O)OC[C@@H](COP(=O)(O)OC1C(O)C(O)C(O)[C@H](O)C1O)OC(=O)CC/C=C/CCCCCCCCCCCCC. The second-order valence-electron chi connectivity index (χ2n) is 16.3. The predicted molar refractivity (Wildman–Crippen MR) is 239 cm³/mol. The van der Waals surface area contributed by atoms with E-state index in [1.807, 2.05) is 12.2 Å². The molecule has 1 aliphatic rings. The van der Waals surface area contributed by atoms with Gasteiger partial charge in [0.05, 0.1) is 6.61 Å². The van der Waals surface area contributed by atoms with Gasteiger partial charge in [-0.25, -0.2) is 4.57 Å². The maximum atomic E-state index is 12.8. The Kier molecular flexibility index (Phi) is 34.7. The van der Waals surface area contributed by atoms with Gasteiger partial charge in [0.25, 0.3) is 0 Å². The van der Waals surface area contributed by atoms with Crippen molar-refractivity contribution in [1.29, 1.82) is 0 Å². The van der Waals surface area contributed by atoms with Gasteiger partial charge < -0.3 is 39.9 Å². The summed E-state index contributed by atoms with van der Waals surface area (Å²) < 4.78 is 33.5. The summed E-state index contributed by atoms with van der Waals surface area (Å²) in [6.45, 7) is 3.22. The molecule has 1 saturated carbocycles. The van der Waals surface area contributed by atoms with Crippen LogP contribution in [0.3, 0.4) is 0 Å². The summed E-state index contributed by atoms with van der Waals surface area (Å²) in [5, 5.41) is 50.1. The summed E-state index contributed by atoms with van der Waals surface area (Å²) >= 11 is 0. The lowest BCUT2D eigenvalue weighted by Crippen LogP contribution is -2.64. The number of phosphoric acid groups is 1. The van der Waals surface area contributed by atoms with Crippen LogP contribution in [0.1, 0.15) is 181 Å². The van der Waals surface area contributed by atoms with Crippen molar-refractivity contribution in [3.05, 3.63) is 48.6 Å². The van der Waals surface area contributed by atoms with E-state index in [2.05, 4.69) is 50.3 Å². The fourth-order valence-electron chi connectivity index (χ4n) is 6.84. The van der Waals surface area contributed by atoms with Crippen molar-refractivity contribution in [1.82, 2.24) is 0 Å². The Labute approximate surface area is 367 Å². The molecule has 1 aliphatic carbocycles. The largest absolute Gasteiger partial charge is 0.472 e. The highest BCUT2D eigenvalue weighted by Crippen LogP contribution is 2.47. The Balaban J connectivity index is 2.49. The summed E-state index contributed by atoms with van der Waals surface area (Å²) in [6, 6.07) is 0. The lowest BCUT2D eigenvalue weighted by atomic mass is 9.85. The Morgan fingerprint density at radius 3 is 1.46 bits per heavy atom. The molecular formula is C47H83O13P. The first-order chi connectivity index (χ1) is 29.4. The number of aliphatic hydroxyl groups excluding tert-OH is 5. The summed E-state index contributed by atoms with van der Waals surface area (Å²) in [6.07, 6.45) is 30.3. The maximum Gasteiger partial charge on any atom is 0.472 e. The molecule has 0 bridgehead atoms. The minimum atomic E-state index is -5.13. The third kappa shape index (κ3) is 29.7. The zero-order valence-corrected chi connectivity index (χ0v) is 38.3. The quantitative estimate of drug-likeness (QED) is 0.0148. The Bertz CT molecular complexity index is 1250. The van der Waals surface area contributed by atoms with E-state index in [4.69, 9.17) is 18.5 Å². The predicted octanol–water partition coefficient (Wildman–Crippen LogP) is 9.17. The van der Waals surface area contributed by atoms with Crippen molar-refractivity contribution in [3.63, 3.8) is 0 Å². The molecule has 0 saturated heterocycles. The minimum Gasteiger partial charge on any atom is -0.462 e. The van der Waals surface area contributed by atoms with Crippen molar-refractivity contribution in [2.75, 3.05) is 13.2 Å². The zero-order chi connectivity index (χ0) is 45.0. The molecule has 0 radical (unpaired) electrons. The van der Waals surface area contributed by atoms with Gasteiger partial charge in [-0.05, 0) is 64.2 Å². The van der Waals surface area contributed by atoms with E-state index in [9.17, 15) is 44.6 Å². The van der Waals surface area contributed by atoms with Gasteiger partial charge in [-0.1, -0.05) is 152 Å². The topological polar surface area (TPSA) is 210 Å². The van der Waals surface area contributed by atoms with Crippen molar-refractivity contribution < 1.29 is 63.1 Å². The summed E-state index contributed by atoms with van der Waals surface area (Å²) in [7, 11) is -5.13. The fraction of sp³-hybridized carbons (Fsp3) is 0.787. The van der Waals surface area contributed by atoms with E-state index >= 15 is 0 Å². The number of rotatable bonds is 38. The van der Waals surface area contributed by atoms with Gasteiger partial charge in [-0.3, -0.25) is 18.6 Å². The maximum absolute atomic E-state index is 12.8. The van der Waals surface area contributed by atoms with Gasteiger partial charge in [0, 0.05) is 12.8 Å². The van der Waals surface area contributed by atoms with Gasteiger partial charge in [0.2, 0.25) is 0 Å². The van der Waals surface area contributed by atoms with Crippen LogP contribution in [-0.2, 0) is 32.7 Å². The van der Waals surface area contributed by atoms with Crippen molar-refractivity contribution >= 4 is 19.8 Å². The van der Waals surface area contributed by atoms with Crippen LogP contribution >= 0.6 is 7.82 Å². The highest BCUT2D eigenvalue weighted by Gasteiger charge is 2.51. The standard InChI is InChI=1S/C47H83O13P/c1-3-5-7-9-11-13-15-17-19-20-22-23-25-27-29-31-33-35-40(48)57-37-39(38-58-61(55,56)60-47-45(53)43(51)42(50)44(52)46(47)54)59-41(49)36-34-32-30-28-26-24-21-18-16-14-12-10-8-6-4-2/h11,13,17,19,22-23,30,32,39,42-47,50-54H,3-10,12,14-16,18,20-21,24-29,31,33-38H2,1-2H3,(H,55,56)/b13-11+,19-17+,23-22+,32-30+/t39-,42?,43-,44?,45?,46?,47?/m0/s1. The summed E-state index contributed by atoms with van der Waals surface area (Å²) in [5.74, 6) is -1.18. The Hall–Kier alpha value is -2.19. The monoisotopic (exact) mass is 887 g/mol. The molecule has 354 valence electrons. The molecule has 0 heterocycles. The fourth-order valence-corrected chi connectivity index (χ4v) is 7.81. The number of unbranched alkanes of at least 4 members (excludes halogenated alkanes) is 18. The molecule has 1 rings (SSSR count). The number of hydrogen-bond acceptors (Lipinski definition) is 12. The molecular weight excluding hydrogens is 803 g/mol. The number of carbonyl (C=O) groups excluding carboxylic acids is 2. The number of carbonyl (C=O) groups is 2. The van der Waals surface area contributed by atoms with Crippen LogP contribution in [0.25, 0.3) is 0 Å². The zero-order valence-electron chi connectivity index (χ0n) is 37.4. The highest BCUT2D eigenvalue weighted by atomic mass is 31.2. The summed E-state index contributed by atoms with van der Waals surface area (Å²) in [4.78, 5) is 35.7.